The van der Waals surface area contributed by atoms with E-state index in [4.69, 9.17) is 5.73 Å². The van der Waals surface area contributed by atoms with Crippen LogP contribution < -0.4 is 5.73 Å². The van der Waals surface area contributed by atoms with Crippen LogP contribution in [-0.2, 0) is 0 Å². The summed E-state index contributed by atoms with van der Waals surface area (Å²) in [6, 6.07) is 9.63. The lowest BCUT2D eigenvalue weighted by molar-refractivity contribution is 0.102. The van der Waals surface area contributed by atoms with Gasteiger partial charge in [0.2, 0.25) is 0 Å². The molecule has 0 spiro atoms. The summed E-state index contributed by atoms with van der Waals surface area (Å²) < 4.78 is 0. The van der Waals surface area contributed by atoms with Crippen molar-refractivity contribution >= 4 is 17.8 Å². The summed E-state index contributed by atoms with van der Waals surface area (Å²) in [5.74, 6) is 0.713. The molecule has 4 rings (SSSR count). The molecule has 0 unspecified atom stereocenters. The molecular formula is C22H23NO2. The Hall–Kier alpha value is -2.42. The fraction of sp³-hybridized carbons (Fsp3) is 0.364. The first-order valence-electron chi connectivity index (χ1n) is 9.13. The quantitative estimate of drug-likeness (QED) is 0.487. The average molecular weight is 333 g/mol. The van der Waals surface area contributed by atoms with Crippen LogP contribution >= 0.6 is 0 Å². The number of carbonyl (C=O) groups excluding carboxylic acids is 2. The molecule has 0 radical (unpaired) electrons. The van der Waals surface area contributed by atoms with Gasteiger partial charge in [-0.2, -0.15) is 0 Å². The van der Waals surface area contributed by atoms with E-state index in [1.54, 1.807) is 0 Å². The van der Waals surface area contributed by atoms with Crippen LogP contribution in [0, 0.1) is 6.92 Å². The monoisotopic (exact) mass is 333 g/mol. The molecule has 2 aliphatic rings. The Labute approximate surface area is 148 Å². The second-order valence-electron chi connectivity index (χ2n) is 7.42. The number of aryl methyl sites for hydroxylation is 1. The maximum Gasteiger partial charge on any atom is 0.196 e. The topological polar surface area (TPSA) is 60.2 Å². The van der Waals surface area contributed by atoms with E-state index in [-0.39, 0.29) is 5.78 Å². The van der Waals surface area contributed by atoms with Gasteiger partial charge in [0.25, 0.3) is 0 Å². The van der Waals surface area contributed by atoms with Crippen LogP contribution in [0.5, 0.6) is 0 Å². The molecule has 2 N–H and O–H groups in total. The predicted molar refractivity (Wildman–Crippen MR) is 99.4 cm³/mol. The van der Waals surface area contributed by atoms with Gasteiger partial charge in [0.15, 0.2) is 12.1 Å². The highest BCUT2D eigenvalue weighted by atomic mass is 16.1. The fourth-order valence-electron chi connectivity index (χ4n) is 3.88. The first-order chi connectivity index (χ1) is 12.1. The van der Waals surface area contributed by atoms with Gasteiger partial charge in [0, 0.05) is 16.8 Å². The van der Waals surface area contributed by atoms with E-state index in [2.05, 4.69) is 6.07 Å². The third-order valence-corrected chi connectivity index (χ3v) is 5.77. The maximum absolute atomic E-state index is 13.3. The van der Waals surface area contributed by atoms with E-state index < -0.39 is 0 Å². The number of nitrogens with two attached hydrogens (primary N) is 1. The van der Waals surface area contributed by atoms with Gasteiger partial charge in [-0.15, -0.1) is 0 Å². The van der Waals surface area contributed by atoms with Gasteiger partial charge in [-0.1, -0.05) is 36.8 Å². The van der Waals surface area contributed by atoms with Crippen molar-refractivity contribution in [2.24, 2.45) is 0 Å². The summed E-state index contributed by atoms with van der Waals surface area (Å²) in [6.07, 6.45) is 6.44. The summed E-state index contributed by atoms with van der Waals surface area (Å²) in [5, 5.41) is 0. The standard InChI is InChI=1S/C22H23NO2/c1-13-5-2-3-8-16(13)22(25)20-19(12-24)17(14-6-4-7-14)11-18(21(20)23)15-9-10-15/h2-3,5,8,11-12,14-15H,4,6-7,9-10,23H2,1H3. The Morgan fingerprint density at radius 3 is 2.32 bits per heavy atom. The van der Waals surface area contributed by atoms with Crippen molar-refractivity contribution in [3.63, 3.8) is 0 Å². The van der Waals surface area contributed by atoms with Gasteiger partial charge < -0.3 is 5.73 Å². The van der Waals surface area contributed by atoms with E-state index in [9.17, 15) is 9.59 Å². The molecule has 25 heavy (non-hydrogen) atoms. The van der Waals surface area contributed by atoms with Crippen LogP contribution in [0.4, 0.5) is 5.69 Å². The molecule has 2 aromatic rings. The van der Waals surface area contributed by atoms with Crippen molar-refractivity contribution in [2.75, 3.05) is 5.73 Å². The SMILES string of the molecule is Cc1ccccc1C(=O)c1c(N)c(C2CC2)cc(C2CCC2)c1C=O. The van der Waals surface area contributed by atoms with E-state index >= 15 is 0 Å². The van der Waals surface area contributed by atoms with Gasteiger partial charge in [0.1, 0.15) is 0 Å². The first kappa shape index (κ1) is 16.1. The number of benzene rings is 2. The second-order valence-corrected chi connectivity index (χ2v) is 7.42. The molecule has 3 nitrogen and oxygen atoms in total. The van der Waals surface area contributed by atoms with Gasteiger partial charge in [-0.3, -0.25) is 9.59 Å². The molecule has 0 bridgehead atoms. The third kappa shape index (κ3) is 2.68. The van der Waals surface area contributed by atoms with Gasteiger partial charge in [0.05, 0.1) is 5.56 Å². The molecule has 0 aromatic heterocycles. The first-order valence-corrected chi connectivity index (χ1v) is 9.13. The smallest absolute Gasteiger partial charge is 0.196 e. The Bertz CT molecular complexity index is 861. The Balaban J connectivity index is 1.93. The van der Waals surface area contributed by atoms with Gasteiger partial charge in [-0.05, 0) is 61.1 Å². The second kappa shape index (κ2) is 6.14. The highest BCUT2D eigenvalue weighted by Crippen LogP contribution is 2.48. The van der Waals surface area contributed by atoms with E-state index in [1.165, 1.54) is 6.42 Å². The fourth-order valence-corrected chi connectivity index (χ4v) is 3.88. The van der Waals surface area contributed by atoms with Crippen molar-refractivity contribution in [2.45, 2.75) is 50.9 Å². The largest absolute Gasteiger partial charge is 0.398 e. The Morgan fingerprint density at radius 2 is 1.76 bits per heavy atom. The Morgan fingerprint density at radius 1 is 1.08 bits per heavy atom. The normalized spacial score (nSPS) is 17.2. The molecule has 3 heteroatoms. The molecule has 128 valence electrons. The number of nitrogen functional groups attached to an aromatic ring is 1. The number of anilines is 1. The number of hydrogen-bond donors (Lipinski definition) is 1. The van der Waals surface area contributed by atoms with Crippen LogP contribution in [-0.4, -0.2) is 12.1 Å². The van der Waals surface area contributed by atoms with Crippen LogP contribution in [0.25, 0.3) is 0 Å². The molecule has 2 aromatic carbocycles. The van der Waals surface area contributed by atoms with Crippen molar-refractivity contribution in [3.8, 4) is 0 Å². The molecule has 0 aliphatic heterocycles. The molecule has 2 aliphatic carbocycles. The predicted octanol–water partition coefficient (Wildman–Crippen LogP) is 4.77. The highest BCUT2D eigenvalue weighted by Gasteiger charge is 2.33. The zero-order valence-electron chi connectivity index (χ0n) is 14.5. The van der Waals surface area contributed by atoms with E-state index in [0.717, 1.165) is 48.7 Å². The molecule has 0 amide bonds. The van der Waals surface area contributed by atoms with E-state index in [1.807, 2.05) is 31.2 Å². The van der Waals surface area contributed by atoms with Gasteiger partial charge in [-0.25, -0.2) is 0 Å². The number of rotatable bonds is 5. The van der Waals surface area contributed by atoms with Crippen LogP contribution in [0.15, 0.2) is 30.3 Å². The zero-order valence-corrected chi connectivity index (χ0v) is 14.5. The molecule has 2 fully saturated rings. The minimum atomic E-state index is -0.124. The van der Waals surface area contributed by atoms with Crippen LogP contribution in [0.2, 0.25) is 0 Å². The minimum absolute atomic E-state index is 0.124. The summed E-state index contributed by atoms with van der Waals surface area (Å²) in [4.78, 5) is 25.3. The number of hydrogen-bond acceptors (Lipinski definition) is 3. The molecular weight excluding hydrogens is 310 g/mol. The summed E-state index contributed by atoms with van der Waals surface area (Å²) >= 11 is 0. The van der Waals surface area contributed by atoms with Crippen molar-refractivity contribution in [3.05, 3.63) is 63.7 Å². The number of aldehydes is 1. The van der Waals surface area contributed by atoms with E-state index in [0.29, 0.717) is 34.2 Å². The molecule has 0 heterocycles. The third-order valence-electron chi connectivity index (χ3n) is 5.77. The lowest BCUT2D eigenvalue weighted by Crippen LogP contribution is -2.18. The molecule has 0 saturated heterocycles. The minimum Gasteiger partial charge on any atom is -0.398 e. The lowest BCUT2D eigenvalue weighted by Gasteiger charge is -2.29. The molecule has 0 atom stereocenters. The summed E-state index contributed by atoms with van der Waals surface area (Å²) in [7, 11) is 0. The average Bonchev–Trinajstić information content (AvgIpc) is 3.38. The maximum atomic E-state index is 13.3. The highest BCUT2D eigenvalue weighted by molar-refractivity contribution is 6.17. The summed E-state index contributed by atoms with van der Waals surface area (Å²) in [5.41, 5.74) is 11.5. The number of carbonyl (C=O) groups is 2. The van der Waals surface area contributed by atoms with Gasteiger partial charge >= 0.3 is 0 Å². The van der Waals surface area contributed by atoms with Crippen molar-refractivity contribution in [1.82, 2.24) is 0 Å². The lowest BCUT2D eigenvalue weighted by atomic mass is 9.75. The summed E-state index contributed by atoms with van der Waals surface area (Å²) in [6.45, 7) is 1.92. The van der Waals surface area contributed by atoms with Crippen molar-refractivity contribution in [1.29, 1.82) is 0 Å². The van der Waals surface area contributed by atoms with Crippen LogP contribution in [0.3, 0.4) is 0 Å². The van der Waals surface area contributed by atoms with Crippen molar-refractivity contribution < 1.29 is 9.59 Å². The van der Waals surface area contributed by atoms with Crippen LogP contribution in [0.1, 0.15) is 86.9 Å². The Kier molecular flexibility index (Phi) is 3.95. The molecule has 2 saturated carbocycles. The number of ketones is 1. The zero-order chi connectivity index (χ0) is 17.6.